The maximum atomic E-state index is 12.7. The van der Waals surface area contributed by atoms with Crippen molar-refractivity contribution < 1.29 is 13.2 Å². The molecule has 2 aromatic heterocycles. The molecule has 0 fully saturated rings. The minimum absolute atomic E-state index is 0.162. The standard InChI is InChI=1S/C16H12F3N5O/c17-16(18,19)13-5-7-20-14(23-13)22-12-4-1-3-11(9-12)10-24-8-2-6-21-15(24)25/h1-9H,10H2,(H,20,22,23). The lowest BCUT2D eigenvalue weighted by Crippen LogP contribution is -2.21. The van der Waals surface area contributed by atoms with Crippen molar-refractivity contribution >= 4 is 11.6 Å². The van der Waals surface area contributed by atoms with Gasteiger partial charge in [0.1, 0.15) is 5.69 Å². The Balaban J connectivity index is 1.81. The van der Waals surface area contributed by atoms with E-state index in [1.807, 2.05) is 0 Å². The first-order chi connectivity index (χ1) is 11.9. The van der Waals surface area contributed by atoms with Gasteiger partial charge >= 0.3 is 11.9 Å². The highest BCUT2D eigenvalue weighted by Crippen LogP contribution is 2.28. The van der Waals surface area contributed by atoms with Crippen LogP contribution in [0.2, 0.25) is 0 Å². The van der Waals surface area contributed by atoms with Crippen LogP contribution in [0.1, 0.15) is 11.3 Å². The number of halogens is 3. The number of alkyl halides is 3. The Kier molecular flexibility index (Phi) is 4.46. The Labute approximate surface area is 140 Å². The molecule has 0 aliphatic heterocycles. The summed E-state index contributed by atoms with van der Waals surface area (Å²) in [6, 6.07) is 9.31. The minimum Gasteiger partial charge on any atom is -0.324 e. The van der Waals surface area contributed by atoms with E-state index in [4.69, 9.17) is 0 Å². The molecule has 3 rings (SSSR count). The average molecular weight is 347 g/mol. The Hall–Kier alpha value is -3.23. The summed E-state index contributed by atoms with van der Waals surface area (Å²) < 4.78 is 39.5. The van der Waals surface area contributed by atoms with Gasteiger partial charge < -0.3 is 5.32 Å². The molecule has 128 valence electrons. The Bertz CT molecular complexity index is 939. The van der Waals surface area contributed by atoms with Crippen LogP contribution in [0, 0.1) is 0 Å². The van der Waals surface area contributed by atoms with Crippen LogP contribution < -0.4 is 11.0 Å². The molecule has 2 heterocycles. The van der Waals surface area contributed by atoms with E-state index in [1.165, 1.54) is 10.8 Å². The van der Waals surface area contributed by atoms with E-state index < -0.39 is 11.9 Å². The van der Waals surface area contributed by atoms with Crippen LogP contribution in [0.4, 0.5) is 24.8 Å². The fraction of sp³-hybridized carbons (Fsp3) is 0.125. The summed E-state index contributed by atoms with van der Waals surface area (Å²) in [4.78, 5) is 22.5. The highest BCUT2D eigenvalue weighted by molar-refractivity contribution is 5.54. The maximum Gasteiger partial charge on any atom is 0.433 e. The summed E-state index contributed by atoms with van der Waals surface area (Å²) in [5.41, 5.74) is -0.133. The van der Waals surface area contributed by atoms with Gasteiger partial charge in [-0.15, -0.1) is 0 Å². The van der Waals surface area contributed by atoms with Crippen molar-refractivity contribution in [3.8, 4) is 0 Å². The molecule has 0 radical (unpaired) electrons. The Morgan fingerprint density at radius 2 is 1.92 bits per heavy atom. The number of hydrogen-bond acceptors (Lipinski definition) is 5. The average Bonchev–Trinajstić information content (AvgIpc) is 2.57. The molecule has 0 saturated heterocycles. The smallest absolute Gasteiger partial charge is 0.324 e. The van der Waals surface area contributed by atoms with Crippen molar-refractivity contribution in [1.29, 1.82) is 0 Å². The number of anilines is 2. The molecule has 0 unspecified atom stereocenters. The second-order valence-electron chi connectivity index (χ2n) is 5.12. The first-order valence-corrected chi connectivity index (χ1v) is 7.19. The zero-order valence-electron chi connectivity index (χ0n) is 12.7. The first-order valence-electron chi connectivity index (χ1n) is 7.19. The van der Waals surface area contributed by atoms with Crippen molar-refractivity contribution in [3.63, 3.8) is 0 Å². The SMILES string of the molecule is O=c1ncccn1Cc1cccc(Nc2nccc(C(F)(F)F)n2)c1. The van der Waals surface area contributed by atoms with E-state index in [2.05, 4.69) is 20.3 Å². The Morgan fingerprint density at radius 1 is 1.08 bits per heavy atom. The quantitative estimate of drug-likeness (QED) is 0.786. The molecule has 0 aliphatic carbocycles. The fourth-order valence-corrected chi connectivity index (χ4v) is 2.16. The molecule has 0 saturated carbocycles. The molecule has 1 N–H and O–H groups in total. The van der Waals surface area contributed by atoms with E-state index in [0.717, 1.165) is 17.8 Å². The third-order valence-corrected chi connectivity index (χ3v) is 3.26. The summed E-state index contributed by atoms with van der Waals surface area (Å²) in [6.07, 6.45) is -0.493. The third-order valence-electron chi connectivity index (χ3n) is 3.26. The van der Waals surface area contributed by atoms with Crippen LogP contribution >= 0.6 is 0 Å². The minimum atomic E-state index is -4.54. The second-order valence-corrected chi connectivity index (χ2v) is 5.12. The molecule has 25 heavy (non-hydrogen) atoms. The fourth-order valence-electron chi connectivity index (χ4n) is 2.16. The summed E-state index contributed by atoms with van der Waals surface area (Å²) in [5, 5.41) is 2.73. The summed E-state index contributed by atoms with van der Waals surface area (Å²) in [5.74, 6) is -0.162. The van der Waals surface area contributed by atoms with Gasteiger partial charge in [0.05, 0.1) is 6.54 Å². The molecule has 0 bridgehead atoms. The highest BCUT2D eigenvalue weighted by atomic mass is 19.4. The van der Waals surface area contributed by atoms with Crippen molar-refractivity contribution in [3.05, 3.63) is 76.7 Å². The van der Waals surface area contributed by atoms with Gasteiger partial charge in [-0.05, 0) is 29.8 Å². The van der Waals surface area contributed by atoms with Gasteiger partial charge in [-0.1, -0.05) is 12.1 Å². The van der Waals surface area contributed by atoms with Crippen molar-refractivity contribution in [1.82, 2.24) is 19.5 Å². The molecule has 6 nitrogen and oxygen atoms in total. The predicted molar refractivity (Wildman–Crippen MR) is 84.4 cm³/mol. The number of rotatable bonds is 4. The van der Waals surface area contributed by atoms with Crippen LogP contribution in [-0.4, -0.2) is 19.5 Å². The lowest BCUT2D eigenvalue weighted by atomic mass is 10.2. The monoisotopic (exact) mass is 347 g/mol. The van der Waals surface area contributed by atoms with Crippen LogP contribution in [0.5, 0.6) is 0 Å². The van der Waals surface area contributed by atoms with Gasteiger partial charge in [0, 0.05) is 24.3 Å². The van der Waals surface area contributed by atoms with E-state index >= 15 is 0 Å². The van der Waals surface area contributed by atoms with Gasteiger partial charge in [0.25, 0.3) is 0 Å². The van der Waals surface area contributed by atoms with Gasteiger partial charge in [-0.3, -0.25) is 4.57 Å². The maximum absolute atomic E-state index is 12.7. The Morgan fingerprint density at radius 3 is 2.68 bits per heavy atom. The van der Waals surface area contributed by atoms with E-state index in [-0.39, 0.29) is 18.2 Å². The molecule has 1 aromatic carbocycles. The van der Waals surface area contributed by atoms with Gasteiger partial charge in [-0.2, -0.15) is 13.2 Å². The number of nitrogens with one attached hydrogen (secondary N) is 1. The van der Waals surface area contributed by atoms with E-state index in [0.29, 0.717) is 5.69 Å². The van der Waals surface area contributed by atoms with Crippen LogP contribution in [0.3, 0.4) is 0 Å². The van der Waals surface area contributed by atoms with E-state index in [1.54, 1.807) is 36.5 Å². The number of aromatic nitrogens is 4. The topological polar surface area (TPSA) is 72.7 Å². The molecule has 9 heteroatoms. The molecule has 0 atom stereocenters. The van der Waals surface area contributed by atoms with Gasteiger partial charge in [-0.25, -0.2) is 19.7 Å². The molecular weight excluding hydrogens is 335 g/mol. The predicted octanol–water partition coefficient (Wildman–Crippen LogP) is 2.84. The largest absolute Gasteiger partial charge is 0.433 e. The lowest BCUT2D eigenvalue weighted by molar-refractivity contribution is -0.141. The third kappa shape index (κ3) is 4.19. The number of benzene rings is 1. The number of nitrogens with zero attached hydrogens (tertiary/aromatic N) is 4. The zero-order chi connectivity index (χ0) is 17.9. The highest BCUT2D eigenvalue weighted by Gasteiger charge is 2.32. The molecule has 3 aromatic rings. The van der Waals surface area contributed by atoms with Gasteiger partial charge in [0.15, 0.2) is 0 Å². The lowest BCUT2D eigenvalue weighted by Gasteiger charge is -2.10. The first kappa shape index (κ1) is 16.6. The number of hydrogen-bond donors (Lipinski definition) is 1. The van der Waals surface area contributed by atoms with E-state index in [9.17, 15) is 18.0 Å². The van der Waals surface area contributed by atoms with Crippen LogP contribution in [0.15, 0.2) is 59.8 Å². The molecule has 0 spiro atoms. The molecular formula is C16H12F3N5O. The van der Waals surface area contributed by atoms with Crippen LogP contribution in [-0.2, 0) is 12.7 Å². The van der Waals surface area contributed by atoms with Gasteiger partial charge in [0.2, 0.25) is 5.95 Å². The normalized spacial score (nSPS) is 11.3. The molecule has 0 aliphatic rings. The van der Waals surface area contributed by atoms with Crippen molar-refractivity contribution in [2.75, 3.05) is 5.32 Å². The van der Waals surface area contributed by atoms with Crippen molar-refractivity contribution in [2.45, 2.75) is 12.7 Å². The summed E-state index contributed by atoms with van der Waals surface area (Å²) in [7, 11) is 0. The van der Waals surface area contributed by atoms with Crippen LogP contribution in [0.25, 0.3) is 0 Å². The zero-order valence-corrected chi connectivity index (χ0v) is 12.7. The van der Waals surface area contributed by atoms with Crippen molar-refractivity contribution in [2.24, 2.45) is 0 Å². The summed E-state index contributed by atoms with van der Waals surface area (Å²) >= 11 is 0. The second kappa shape index (κ2) is 6.71. The summed E-state index contributed by atoms with van der Waals surface area (Å²) in [6.45, 7) is 0.283. The molecule has 0 amide bonds.